The number of halogens is 2. The van der Waals surface area contributed by atoms with Crippen LogP contribution in [-0.2, 0) is 11.2 Å². The SMILES string of the molecule is CN=C(NCCc1ccccc1F)NCC(C)(C)NC(=O)OC(C)(C)C.I. The van der Waals surface area contributed by atoms with Gasteiger partial charge in [-0.25, -0.2) is 9.18 Å². The summed E-state index contributed by atoms with van der Waals surface area (Å²) in [6, 6.07) is 6.71. The minimum atomic E-state index is -0.544. The molecule has 0 saturated carbocycles. The number of alkyl carbamates (subject to hydrolysis) is 1. The first-order valence-electron chi connectivity index (χ1n) is 8.71. The molecular formula is C19H32FIN4O2. The number of benzene rings is 1. The Morgan fingerprint density at radius 1 is 1.15 bits per heavy atom. The fraction of sp³-hybridized carbons (Fsp3) is 0.579. The van der Waals surface area contributed by atoms with E-state index in [1.807, 2.05) is 40.7 Å². The molecule has 0 aliphatic carbocycles. The van der Waals surface area contributed by atoms with Crippen LogP contribution < -0.4 is 16.0 Å². The Labute approximate surface area is 178 Å². The third-order valence-corrected chi connectivity index (χ3v) is 3.41. The van der Waals surface area contributed by atoms with Crippen LogP contribution in [0.2, 0.25) is 0 Å². The van der Waals surface area contributed by atoms with Crippen LogP contribution in [0.1, 0.15) is 40.2 Å². The Balaban J connectivity index is 0.00000676. The topological polar surface area (TPSA) is 74.8 Å². The van der Waals surface area contributed by atoms with Crippen LogP contribution in [0, 0.1) is 5.82 Å². The average Bonchev–Trinajstić information content (AvgIpc) is 2.49. The summed E-state index contributed by atoms with van der Waals surface area (Å²) in [4.78, 5) is 16.0. The summed E-state index contributed by atoms with van der Waals surface area (Å²) in [6.07, 6.45) is 0.0826. The molecule has 8 heteroatoms. The summed E-state index contributed by atoms with van der Waals surface area (Å²) in [5.74, 6) is 0.375. The second-order valence-corrected chi connectivity index (χ2v) is 7.70. The van der Waals surface area contributed by atoms with Crippen molar-refractivity contribution in [3.8, 4) is 0 Å². The van der Waals surface area contributed by atoms with Gasteiger partial charge < -0.3 is 20.7 Å². The van der Waals surface area contributed by atoms with Gasteiger partial charge in [0.25, 0.3) is 0 Å². The molecule has 3 N–H and O–H groups in total. The molecule has 1 aromatic carbocycles. The molecule has 0 heterocycles. The number of guanidine groups is 1. The van der Waals surface area contributed by atoms with Crippen LogP contribution in [0.3, 0.4) is 0 Å². The van der Waals surface area contributed by atoms with Crippen molar-refractivity contribution in [2.75, 3.05) is 20.1 Å². The largest absolute Gasteiger partial charge is 0.444 e. The number of aliphatic imine (C=N–C) groups is 1. The summed E-state index contributed by atoms with van der Waals surface area (Å²) < 4.78 is 18.9. The molecular weight excluding hydrogens is 462 g/mol. The van der Waals surface area contributed by atoms with Crippen molar-refractivity contribution < 1.29 is 13.9 Å². The lowest BCUT2D eigenvalue weighted by atomic mass is 10.1. The fourth-order valence-electron chi connectivity index (χ4n) is 2.17. The third-order valence-electron chi connectivity index (χ3n) is 3.41. The average molecular weight is 494 g/mol. The van der Waals surface area contributed by atoms with Gasteiger partial charge in [-0.3, -0.25) is 4.99 Å². The molecule has 1 amide bonds. The Morgan fingerprint density at radius 3 is 2.33 bits per heavy atom. The molecule has 1 rings (SSSR count). The minimum Gasteiger partial charge on any atom is -0.444 e. The van der Waals surface area contributed by atoms with Gasteiger partial charge in [-0.1, -0.05) is 18.2 Å². The van der Waals surface area contributed by atoms with E-state index in [0.717, 1.165) is 0 Å². The number of nitrogens with zero attached hydrogens (tertiary/aromatic N) is 1. The maximum Gasteiger partial charge on any atom is 0.408 e. The van der Waals surface area contributed by atoms with Gasteiger partial charge in [-0.15, -0.1) is 24.0 Å². The van der Waals surface area contributed by atoms with E-state index in [-0.39, 0.29) is 29.8 Å². The fourth-order valence-corrected chi connectivity index (χ4v) is 2.17. The van der Waals surface area contributed by atoms with Crippen molar-refractivity contribution in [3.05, 3.63) is 35.6 Å². The van der Waals surface area contributed by atoms with E-state index in [9.17, 15) is 9.18 Å². The molecule has 0 unspecified atom stereocenters. The lowest BCUT2D eigenvalue weighted by molar-refractivity contribution is 0.0474. The third kappa shape index (κ3) is 11.0. The predicted molar refractivity (Wildman–Crippen MR) is 118 cm³/mol. The molecule has 0 aliphatic heterocycles. The molecule has 0 aliphatic rings. The molecule has 27 heavy (non-hydrogen) atoms. The number of carbonyl (C=O) groups excluding carboxylic acids is 1. The van der Waals surface area contributed by atoms with Crippen molar-refractivity contribution in [1.29, 1.82) is 0 Å². The highest BCUT2D eigenvalue weighted by atomic mass is 127. The van der Waals surface area contributed by atoms with Crippen LogP contribution >= 0.6 is 24.0 Å². The van der Waals surface area contributed by atoms with E-state index in [4.69, 9.17) is 4.74 Å². The Morgan fingerprint density at radius 2 is 1.78 bits per heavy atom. The zero-order chi connectivity index (χ0) is 19.8. The quantitative estimate of drug-likeness (QED) is 0.322. The second kappa shape index (κ2) is 11.3. The van der Waals surface area contributed by atoms with Crippen LogP contribution in [-0.4, -0.2) is 43.3 Å². The maximum atomic E-state index is 13.6. The molecule has 0 atom stereocenters. The van der Waals surface area contributed by atoms with Crippen molar-refractivity contribution in [1.82, 2.24) is 16.0 Å². The zero-order valence-corrected chi connectivity index (χ0v) is 19.3. The van der Waals surface area contributed by atoms with Crippen LogP contribution in [0.5, 0.6) is 0 Å². The highest BCUT2D eigenvalue weighted by molar-refractivity contribution is 14.0. The first-order valence-corrected chi connectivity index (χ1v) is 8.71. The lowest BCUT2D eigenvalue weighted by Crippen LogP contribution is -2.54. The minimum absolute atomic E-state index is 0. The highest BCUT2D eigenvalue weighted by Gasteiger charge is 2.24. The van der Waals surface area contributed by atoms with Crippen LogP contribution in [0.15, 0.2) is 29.3 Å². The summed E-state index contributed by atoms with van der Waals surface area (Å²) in [7, 11) is 1.66. The number of hydrogen-bond acceptors (Lipinski definition) is 3. The van der Waals surface area contributed by atoms with Crippen LogP contribution in [0.4, 0.5) is 9.18 Å². The van der Waals surface area contributed by atoms with Gasteiger partial charge in [0.05, 0.1) is 5.54 Å². The normalized spacial score (nSPS) is 12.0. The van der Waals surface area contributed by atoms with E-state index < -0.39 is 17.2 Å². The van der Waals surface area contributed by atoms with Crippen molar-refractivity contribution >= 4 is 36.0 Å². The highest BCUT2D eigenvalue weighted by Crippen LogP contribution is 2.09. The number of carbonyl (C=O) groups is 1. The first-order chi connectivity index (χ1) is 12.0. The second-order valence-electron chi connectivity index (χ2n) is 7.70. The Hall–Kier alpha value is -1.58. The Kier molecular flexibility index (Phi) is 10.6. The summed E-state index contributed by atoms with van der Waals surface area (Å²) in [5, 5.41) is 9.12. The van der Waals surface area contributed by atoms with Gasteiger partial charge in [-0.05, 0) is 52.7 Å². The van der Waals surface area contributed by atoms with Gasteiger partial charge in [0.1, 0.15) is 11.4 Å². The molecule has 0 spiro atoms. The smallest absolute Gasteiger partial charge is 0.408 e. The van der Waals surface area contributed by atoms with Crippen LogP contribution in [0.25, 0.3) is 0 Å². The van der Waals surface area contributed by atoms with Gasteiger partial charge in [0, 0.05) is 20.1 Å². The number of ether oxygens (including phenoxy) is 1. The van der Waals surface area contributed by atoms with Crippen molar-refractivity contribution in [2.45, 2.75) is 52.2 Å². The molecule has 0 aromatic heterocycles. The maximum absolute atomic E-state index is 13.6. The summed E-state index contributed by atoms with van der Waals surface area (Å²) >= 11 is 0. The summed E-state index contributed by atoms with van der Waals surface area (Å²) in [5.41, 5.74) is -0.425. The number of amides is 1. The lowest BCUT2D eigenvalue weighted by Gasteiger charge is -2.29. The number of rotatable bonds is 6. The standard InChI is InChI=1S/C19H31FN4O2.HI/c1-18(2,3)26-17(25)24-19(4,5)13-23-16(21-6)22-12-11-14-9-7-8-10-15(14)20;/h7-10H,11-13H2,1-6H3,(H,24,25)(H2,21,22,23);1H. The van der Waals surface area contributed by atoms with Gasteiger partial charge in [0.2, 0.25) is 0 Å². The van der Waals surface area contributed by atoms with E-state index in [1.54, 1.807) is 19.2 Å². The van der Waals surface area contributed by atoms with Gasteiger partial charge in [0.15, 0.2) is 5.96 Å². The van der Waals surface area contributed by atoms with E-state index in [2.05, 4.69) is 20.9 Å². The van der Waals surface area contributed by atoms with Crippen molar-refractivity contribution in [2.24, 2.45) is 4.99 Å². The number of hydrogen-bond donors (Lipinski definition) is 3. The summed E-state index contributed by atoms with van der Waals surface area (Å²) in [6.45, 7) is 10.2. The Bertz CT molecular complexity index is 630. The van der Waals surface area contributed by atoms with E-state index >= 15 is 0 Å². The molecule has 0 fully saturated rings. The predicted octanol–water partition coefficient (Wildman–Crippen LogP) is 3.45. The molecule has 0 bridgehead atoms. The van der Waals surface area contributed by atoms with Gasteiger partial charge >= 0.3 is 6.09 Å². The molecule has 1 aromatic rings. The molecule has 0 saturated heterocycles. The monoisotopic (exact) mass is 494 g/mol. The molecule has 0 radical (unpaired) electrons. The molecule has 154 valence electrons. The van der Waals surface area contributed by atoms with E-state index in [0.29, 0.717) is 31.0 Å². The van der Waals surface area contributed by atoms with Gasteiger partial charge in [-0.2, -0.15) is 0 Å². The van der Waals surface area contributed by atoms with Crippen molar-refractivity contribution in [3.63, 3.8) is 0 Å². The zero-order valence-electron chi connectivity index (χ0n) is 17.0. The number of nitrogens with one attached hydrogen (secondary N) is 3. The van der Waals surface area contributed by atoms with E-state index in [1.165, 1.54) is 6.07 Å². The molecule has 6 nitrogen and oxygen atoms in total. The first kappa shape index (κ1) is 25.4.